The number of hydrogen-bond donors (Lipinski definition) is 0. The Bertz CT molecular complexity index is 1060. The summed E-state index contributed by atoms with van der Waals surface area (Å²) in [7, 11) is 0. The molecule has 0 aliphatic carbocycles. The number of carbonyl (C=O) groups excluding carboxylic acids is 1. The molecular formula is C26H27N2O+. The Morgan fingerprint density at radius 2 is 1.90 bits per heavy atom. The standard InChI is InChI=1S/C26H27N2O/c1-2-20-18-28(17-19-8-4-3-5-9-19)15-13-21(20)16-25(28)26(29)23-12-14-27-24-11-7-6-10-22(23)24/h2-12,14,20-21,25H,1,13,15-18H2/q+1/t20?,21?,25-,28?/m1/s1. The third-order valence-corrected chi connectivity index (χ3v) is 7.17. The molecule has 0 spiro atoms. The van der Waals surface area contributed by atoms with Gasteiger partial charge in [0.05, 0.1) is 18.6 Å². The van der Waals surface area contributed by atoms with Crippen LogP contribution < -0.4 is 0 Å². The minimum absolute atomic E-state index is 0.0102. The molecule has 146 valence electrons. The van der Waals surface area contributed by atoms with Gasteiger partial charge >= 0.3 is 0 Å². The van der Waals surface area contributed by atoms with E-state index in [-0.39, 0.29) is 11.8 Å². The second-order valence-electron chi connectivity index (χ2n) is 8.71. The molecule has 3 heteroatoms. The predicted octanol–water partition coefficient (Wildman–Crippen LogP) is 5.03. The van der Waals surface area contributed by atoms with E-state index in [0.29, 0.717) is 11.8 Å². The number of fused-ring (bicyclic) bond motifs is 4. The van der Waals surface area contributed by atoms with E-state index in [1.54, 1.807) is 6.20 Å². The van der Waals surface area contributed by atoms with Crippen molar-refractivity contribution >= 4 is 16.7 Å². The maximum atomic E-state index is 13.9. The molecule has 4 heterocycles. The highest BCUT2D eigenvalue weighted by atomic mass is 16.1. The molecule has 3 unspecified atom stereocenters. The van der Waals surface area contributed by atoms with Crippen LogP contribution in [0, 0.1) is 11.8 Å². The summed E-state index contributed by atoms with van der Waals surface area (Å²) >= 11 is 0. The minimum atomic E-state index is 0.0102. The van der Waals surface area contributed by atoms with Crippen LogP contribution in [0.4, 0.5) is 0 Å². The molecule has 3 nitrogen and oxygen atoms in total. The van der Waals surface area contributed by atoms with Gasteiger partial charge in [0.2, 0.25) is 5.78 Å². The molecule has 3 aromatic rings. The van der Waals surface area contributed by atoms with Gasteiger partial charge in [-0.3, -0.25) is 9.78 Å². The van der Waals surface area contributed by atoms with E-state index < -0.39 is 0 Å². The number of rotatable bonds is 5. The molecule has 3 aliphatic rings. The Morgan fingerprint density at radius 1 is 1.10 bits per heavy atom. The van der Waals surface area contributed by atoms with Crippen LogP contribution in [-0.4, -0.2) is 34.4 Å². The second kappa shape index (κ2) is 7.23. The molecule has 0 N–H and O–H groups in total. The molecule has 4 atom stereocenters. The van der Waals surface area contributed by atoms with Crippen molar-refractivity contribution in [3.05, 3.63) is 90.6 Å². The smallest absolute Gasteiger partial charge is 0.220 e. The van der Waals surface area contributed by atoms with E-state index in [0.717, 1.165) is 47.0 Å². The molecule has 3 saturated heterocycles. The molecule has 2 aromatic carbocycles. The predicted molar refractivity (Wildman–Crippen MR) is 116 cm³/mol. The normalized spacial score (nSPS) is 28.3. The van der Waals surface area contributed by atoms with Gasteiger partial charge in [-0.1, -0.05) is 54.6 Å². The first kappa shape index (κ1) is 18.3. The van der Waals surface area contributed by atoms with Crippen LogP contribution in [0.5, 0.6) is 0 Å². The molecule has 1 aromatic heterocycles. The summed E-state index contributed by atoms with van der Waals surface area (Å²) in [4.78, 5) is 18.4. The molecule has 6 rings (SSSR count). The topological polar surface area (TPSA) is 30.0 Å². The highest BCUT2D eigenvalue weighted by molar-refractivity contribution is 6.09. The van der Waals surface area contributed by atoms with E-state index >= 15 is 0 Å². The van der Waals surface area contributed by atoms with Crippen molar-refractivity contribution in [3.63, 3.8) is 0 Å². The van der Waals surface area contributed by atoms with E-state index in [4.69, 9.17) is 0 Å². The fourth-order valence-electron chi connectivity index (χ4n) is 5.70. The Kier molecular flexibility index (Phi) is 4.56. The SMILES string of the molecule is C=CC1C[N+]2(Cc3ccccc3)CCC1C[C@@H]2C(=O)c1ccnc2ccccc12. The molecule has 0 saturated carbocycles. The molecule has 3 aliphatic heterocycles. The summed E-state index contributed by atoms with van der Waals surface area (Å²) in [6.45, 7) is 7.11. The van der Waals surface area contributed by atoms with Gasteiger partial charge in [-0.2, -0.15) is 0 Å². The molecule has 3 fully saturated rings. The number of hydrogen-bond acceptors (Lipinski definition) is 2. The zero-order valence-electron chi connectivity index (χ0n) is 16.7. The van der Waals surface area contributed by atoms with Crippen molar-refractivity contribution in [2.75, 3.05) is 13.1 Å². The summed E-state index contributed by atoms with van der Waals surface area (Å²) < 4.78 is 0.854. The fourth-order valence-corrected chi connectivity index (χ4v) is 5.70. The van der Waals surface area contributed by atoms with Crippen LogP contribution in [-0.2, 0) is 6.54 Å². The lowest BCUT2D eigenvalue weighted by molar-refractivity contribution is -0.972. The van der Waals surface area contributed by atoms with Gasteiger partial charge in [-0.05, 0) is 18.1 Å². The summed E-state index contributed by atoms with van der Waals surface area (Å²) in [5.41, 5.74) is 3.04. The van der Waals surface area contributed by atoms with Crippen molar-refractivity contribution in [2.45, 2.75) is 25.4 Å². The van der Waals surface area contributed by atoms with Crippen molar-refractivity contribution in [2.24, 2.45) is 11.8 Å². The maximum Gasteiger partial charge on any atom is 0.220 e. The fraction of sp³-hybridized carbons (Fsp3) is 0.308. The van der Waals surface area contributed by atoms with E-state index in [1.807, 2.05) is 30.3 Å². The zero-order chi connectivity index (χ0) is 19.8. The number of pyridine rings is 1. The van der Waals surface area contributed by atoms with Crippen LogP contribution in [0.1, 0.15) is 28.8 Å². The Hall–Kier alpha value is -2.78. The first-order valence-corrected chi connectivity index (χ1v) is 10.6. The summed E-state index contributed by atoms with van der Waals surface area (Å²) in [6.07, 6.45) is 6.05. The molecule has 29 heavy (non-hydrogen) atoms. The van der Waals surface area contributed by atoms with Crippen LogP contribution in [0.3, 0.4) is 0 Å². The Balaban J connectivity index is 1.57. The number of piperidine rings is 3. The van der Waals surface area contributed by atoms with Gasteiger partial charge in [-0.15, -0.1) is 6.58 Å². The highest BCUT2D eigenvalue weighted by Gasteiger charge is 2.54. The van der Waals surface area contributed by atoms with E-state index in [9.17, 15) is 4.79 Å². The molecule has 0 amide bonds. The van der Waals surface area contributed by atoms with Crippen LogP contribution >= 0.6 is 0 Å². The lowest BCUT2D eigenvalue weighted by Gasteiger charge is -2.56. The van der Waals surface area contributed by atoms with E-state index in [2.05, 4.69) is 48.0 Å². The average molecular weight is 384 g/mol. The van der Waals surface area contributed by atoms with Gasteiger partial charge in [0.1, 0.15) is 6.54 Å². The number of aromatic nitrogens is 1. The Morgan fingerprint density at radius 3 is 2.72 bits per heavy atom. The highest BCUT2D eigenvalue weighted by Crippen LogP contribution is 2.45. The number of Topliss-reactive ketones (excluding diaryl/α,β-unsaturated/α-hetero) is 1. The number of ketones is 1. The van der Waals surface area contributed by atoms with Crippen molar-refractivity contribution in [1.82, 2.24) is 4.98 Å². The maximum absolute atomic E-state index is 13.9. The summed E-state index contributed by atoms with van der Waals surface area (Å²) in [5.74, 6) is 1.36. The van der Waals surface area contributed by atoms with Crippen molar-refractivity contribution < 1.29 is 9.28 Å². The molecule has 2 bridgehead atoms. The third-order valence-electron chi connectivity index (χ3n) is 7.17. The first-order chi connectivity index (χ1) is 14.2. The van der Waals surface area contributed by atoms with Crippen molar-refractivity contribution in [3.8, 4) is 0 Å². The first-order valence-electron chi connectivity index (χ1n) is 10.6. The number of benzene rings is 2. The van der Waals surface area contributed by atoms with E-state index in [1.165, 1.54) is 12.0 Å². The van der Waals surface area contributed by atoms with Crippen LogP contribution in [0.2, 0.25) is 0 Å². The summed E-state index contributed by atoms with van der Waals surface area (Å²) in [5, 5.41) is 0.973. The number of quaternary nitrogens is 1. The van der Waals surface area contributed by atoms with Crippen LogP contribution in [0.25, 0.3) is 10.9 Å². The van der Waals surface area contributed by atoms with Gasteiger partial charge in [0, 0.05) is 41.5 Å². The Labute approximate surface area is 172 Å². The lowest BCUT2D eigenvalue weighted by atomic mass is 9.71. The second-order valence-corrected chi connectivity index (χ2v) is 8.71. The van der Waals surface area contributed by atoms with Crippen LogP contribution in [0.15, 0.2) is 79.5 Å². The summed E-state index contributed by atoms with van der Waals surface area (Å²) in [6, 6.07) is 20.6. The van der Waals surface area contributed by atoms with Gasteiger partial charge in [0.25, 0.3) is 0 Å². The van der Waals surface area contributed by atoms with Crippen molar-refractivity contribution in [1.29, 1.82) is 0 Å². The monoisotopic (exact) mass is 383 g/mol. The number of carbonyl (C=O) groups is 1. The van der Waals surface area contributed by atoms with Gasteiger partial charge in [0.15, 0.2) is 6.04 Å². The molecular weight excluding hydrogens is 356 g/mol. The minimum Gasteiger partial charge on any atom is -0.310 e. The number of para-hydroxylation sites is 1. The quantitative estimate of drug-likeness (QED) is 0.351. The van der Waals surface area contributed by atoms with Gasteiger partial charge < -0.3 is 4.48 Å². The largest absolute Gasteiger partial charge is 0.310 e. The third kappa shape index (κ3) is 3.10. The zero-order valence-corrected chi connectivity index (χ0v) is 16.7. The molecule has 0 radical (unpaired) electrons. The number of nitrogens with zero attached hydrogens (tertiary/aromatic N) is 2. The average Bonchev–Trinajstić information content (AvgIpc) is 2.78. The lowest BCUT2D eigenvalue weighted by Crippen LogP contribution is -2.68. The van der Waals surface area contributed by atoms with Gasteiger partial charge in [-0.25, -0.2) is 0 Å².